The first-order chi connectivity index (χ1) is 48.1. The molecule has 0 saturated carbocycles. The summed E-state index contributed by atoms with van der Waals surface area (Å²) in [6, 6.07) is 77.3. The van der Waals surface area contributed by atoms with E-state index in [-0.39, 0.29) is 5.78 Å². The molecule has 0 saturated heterocycles. The molecule has 0 heterocycles. The molecule has 2 aliphatic rings. The highest BCUT2D eigenvalue weighted by molar-refractivity contribution is 14.1. The number of Topliss-reactive ketones (excluding diaryl/α,β-unsaturated/α-hetero) is 1. The van der Waals surface area contributed by atoms with Crippen LogP contribution < -0.4 is 0 Å². The summed E-state index contributed by atoms with van der Waals surface area (Å²) in [6.45, 7) is 31.6. The minimum Gasteiger partial charge on any atom is -0.508 e. The van der Waals surface area contributed by atoms with Crippen LogP contribution in [0.2, 0.25) is 0 Å². The third-order valence-electron chi connectivity index (χ3n) is 17.8. The van der Waals surface area contributed by atoms with Crippen LogP contribution in [0.5, 0.6) is 5.75 Å². The van der Waals surface area contributed by atoms with Gasteiger partial charge in [-0.15, -0.1) is 0 Å². The van der Waals surface area contributed by atoms with Crippen LogP contribution in [-0.4, -0.2) is 10.9 Å². The first-order valence-corrected chi connectivity index (χ1v) is 39.8. The maximum atomic E-state index is 11.7. The van der Waals surface area contributed by atoms with E-state index >= 15 is 0 Å². The van der Waals surface area contributed by atoms with Gasteiger partial charge in [0.05, 0.1) is 0 Å². The SMILES string of the molecule is CC(=O)c1ccc(C)cc1-c1cc(C)cc(C)c1.CCc1ccc(C)cc1-c1cc(C)cc(C)c1.CCc1ccccc1-c1cc(C)cc(C)c1.CCc1ccccc1C.Cc1cc(Br)c2c(c1)-c1cc(I)ccc1C2.Cc1cc(Br)cc(Br)c1.Oc1cc(Br)c2c(c1)-c1cc(I)ccc1C2. The Morgan fingerprint density at radius 2 is 0.733 bits per heavy atom. The molecular weight excluding hydrogens is 1720 g/mol. The van der Waals surface area contributed by atoms with Gasteiger partial charge in [0.1, 0.15) is 5.75 Å². The Balaban J connectivity index is 0.000000151. The number of ketones is 1. The number of rotatable bonds is 7. The van der Waals surface area contributed by atoms with Crippen LogP contribution >= 0.6 is 109 Å². The summed E-state index contributed by atoms with van der Waals surface area (Å²) in [5, 5.41) is 9.64. The van der Waals surface area contributed by atoms with Crippen LogP contribution in [0.3, 0.4) is 0 Å². The Hall–Kier alpha value is -6.51. The van der Waals surface area contributed by atoms with Crippen LogP contribution in [-0.2, 0) is 32.1 Å². The van der Waals surface area contributed by atoms with Crippen molar-refractivity contribution in [1.82, 2.24) is 0 Å². The second-order valence-electron chi connectivity index (χ2n) is 26.7. The van der Waals surface area contributed by atoms with Gasteiger partial charge in [-0.2, -0.15) is 0 Å². The van der Waals surface area contributed by atoms with Gasteiger partial charge >= 0.3 is 0 Å². The van der Waals surface area contributed by atoms with Gasteiger partial charge in [-0.3, -0.25) is 4.79 Å². The Morgan fingerprint density at radius 3 is 1.20 bits per heavy atom. The zero-order chi connectivity index (χ0) is 73.4. The molecule has 12 aromatic carbocycles. The molecule has 0 bridgehead atoms. The highest BCUT2D eigenvalue weighted by Gasteiger charge is 2.23. The molecule has 0 radical (unpaired) electrons. The Morgan fingerprint density at radius 1 is 0.347 bits per heavy atom. The average molecular weight is 1820 g/mol. The minimum absolute atomic E-state index is 0.115. The van der Waals surface area contributed by atoms with Crippen molar-refractivity contribution in [3.05, 3.63) is 349 Å². The number of benzene rings is 12. The molecule has 0 amide bonds. The summed E-state index contributed by atoms with van der Waals surface area (Å²) >= 11 is 18.6. The van der Waals surface area contributed by atoms with Crippen LogP contribution in [0.25, 0.3) is 55.6 Å². The topological polar surface area (TPSA) is 37.3 Å². The summed E-state index contributed by atoms with van der Waals surface area (Å²) in [5.74, 6) is 0.432. The summed E-state index contributed by atoms with van der Waals surface area (Å²) in [5.41, 5.74) is 37.7. The molecule has 0 atom stereocenters. The third-order valence-corrected chi connectivity index (χ3v) is 21.5. The van der Waals surface area contributed by atoms with Crippen molar-refractivity contribution in [2.75, 3.05) is 0 Å². The van der Waals surface area contributed by atoms with Crippen molar-refractivity contribution < 1.29 is 9.90 Å². The van der Waals surface area contributed by atoms with Crippen LogP contribution in [0, 0.1) is 83.3 Å². The fourth-order valence-electron chi connectivity index (χ4n) is 13.2. The van der Waals surface area contributed by atoms with Gasteiger partial charge in [-0.1, -0.05) is 287 Å². The quantitative estimate of drug-likeness (QED) is 0.128. The number of carbonyl (C=O) groups excluding carboxylic acids is 1. The van der Waals surface area contributed by atoms with E-state index in [1.54, 1.807) is 13.0 Å². The lowest BCUT2D eigenvalue weighted by Gasteiger charge is -2.11. The molecule has 0 aliphatic heterocycles. The zero-order valence-electron chi connectivity index (χ0n) is 60.9. The summed E-state index contributed by atoms with van der Waals surface area (Å²) in [4.78, 5) is 11.7. The number of phenolic OH excluding ortho intramolecular Hbond substituents is 1. The maximum absolute atomic E-state index is 11.7. The molecule has 12 aromatic rings. The molecule has 0 unspecified atom stereocenters. The van der Waals surface area contributed by atoms with Crippen molar-refractivity contribution in [3.63, 3.8) is 0 Å². The minimum atomic E-state index is 0.115. The second-order valence-corrected chi connectivity index (χ2v) is 32.7. The zero-order valence-corrected chi connectivity index (χ0v) is 71.6. The third kappa shape index (κ3) is 22.7. The lowest BCUT2D eigenvalue weighted by Crippen LogP contribution is -1.97. The molecule has 8 heteroatoms. The number of halogens is 6. The van der Waals surface area contributed by atoms with Gasteiger partial charge in [0, 0.05) is 30.6 Å². The number of fused-ring (bicyclic) bond motifs is 6. The number of hydrogen-bond donors (Lipinski definition) is 1. The van der Waals surface area contributed by atoms with Crippen LogP contribution in [0.15, 0.2) is 236 Å². The Kier molecular flexibility index (Phi) is 30.0. The summed E-state index contributed by atoms with van der Waals surface area (Å²) in [7, 11) is 0. The molecule has 0 spiro atoms. The Labute approximate surface area is 664 Å². The van der Waals surface area contributed by atoms with Crippen molar-refractivity contribution in [2.45, 2.75) is 136 Å². The van der Waals surface area contributed by atoms with Gasteiger partial charge in [0.15, 0.2) is 5.78 Å². The number of hydrogen-bond acceptors (Lipinski definition) is 2. The van der Waals surface area contributed by atoms with E-state index in [0.29, 0.717) is 5.75 Å². The molecular formula is C93H92Br4I2O2. The van der Waals surface area contributed by atoms with Gasteiger partial charge in [-0.25, -0.2) is 0 Å². The smallest absolute Gasteiger partial charge is 0.160 e. The molecule has 14 rings (SSSR count). The van der Waals surface area contributed by atoms with Crippen molar-refractivity contribution in [1.29, 1.82) is 0 Å². The highest BCUT2D eigenvalue weighted by atomic mass is 127. The molecule has 1 N–H and O–H groups in total. The number of aromatic hydroxyl groups is 1. The average Bonchev–Trinajstić information content (AvgIpc) is 1.64. The number of carbonyl (C=O) groups is 1. The van der Waals surface area contributed by atoms with Crippen molar-refractivity contribution in [3.8, 4) is 61.4 Å². The van der Waals surface area contributed by atoms with Gasteiger partial charge in [0.2, 0.25) is 0 Å². The standard InChI is InChI=1S/C17H18O.C17H20.C16H18.C14H10BrI.C13H8BrIO.C9H12.C7H6Br2/c1-11-5-6-16(14(4)18)17(10-11)15-8-12(2)7-13(3)9-15;1-5-15-7-6-12(2)11-17(15)16-9-13(3)8-14(4)10-16;1-4-14-7-5-6-8-16(14)15-10-12(2)9-13(3)11-15;1-8-4-12-11-7-10(16)3-2-9(11)6-13(12)14(15)5-8;14-13-6-9(16)5-11-10-4-8(15)2-1-7(10)3-12(11)13;1-3-9-7-5-4-6-8(9)2;1-5-2-6(8)4-7(9)3-5/h5-10H,1-4H3;6-11H,5H2,1-4H3;5-11H,4H2,1-3H3;2-5,7H,6H2,1H3;1-2,4-6,16H,3H2;4-7H,3H2,1-2H3;2-4H,1H3. The Bertz CT molecular complexity index is 4710. The molecule has 0 aromatic heterocycles. The summed E-state index contributed by atoms with van der Waals surface area (Å²) < 4.78 is 7.01. The predicted octanol–water partition coefficient (Wildman–Crippen LogP) is 29.2. The second kappa shape index (κ2) is 37.8. The van der Waals surface area contributed by atoms with Crippen molar-refractivity contribution >= 4 is 115 Å². The van der Waals surface area contributed by atoms with E-state index in [4.69, 9.17) is 0 Å². The van der Waals surface area contributed by atoms with E-state index in [2.05, 4.69) is 394 Å². The van der Waals surface area contributed by atoms with E-state index in [1.807, 2.05) is 24.3 Å². The fourth-order valence-corrected chi connectivity index (χ4v) is 17.0. The number of aryl methyl sites for hydroxylation is 14. The van der Waals surface area contributed by atoms with Gasteiger partial charge in [0.25, 0.3) is 0 Å². The largest absolute Gasteiger partial charge is 0.508 e. The highest BCUT2D eigenvalue weighted by Crippen LogP contribution is 2.44. The van der Waals surface area contributed by atoms with E-state index < -0.39 is 0 Å². The molecule has 2 nitrogen and oxygen atoms in total. The normalized spacial score (nSPS) is 10.9. The molecule has 2 aliphatic carbocycles. The van der Waals surface area contributed by atoms with Crippen LogP contribution in [0.1, 0.15) is 138 Å². The van der Waals surface area contributed by atoms with Gasteiger partial charge < -0.3 is 5.11 Å². The first kappa shape index (κ1) is 80.2. The number of phenols is 1. The van der Waals surface area contributed by atoms with E-state index in [0.717, 1.165) is 67.8 Å². The molecule has 101 heavy (non-hydrogen) atoms. The van der Waals surface area contributed by atoms with E-state index in [1.165, 1.54) is 151 Å². The van der Waals surface area contributed by atoms with Gasteiger partial charge in [-0.05, 0) is 332 Å². The molecule has 0 fully saturated rings. The molecule has 518 valence electrons. The first-order valence-electron chi connectivity index (χ1n) is 34.5. The maximum Gasteiger partial charge on any atom is 0.160 e. The monoisotopic (exact) mass is 1810 g/mol. The summed E-state index contributed by atoms with van der Waals surface area (Å²) in [6.07, 6.45) is 5.32. The van der Waals surface area contributed by atoms with Crippen molar-refractivity contribution in [2.24, 2.45) is 0 Å². The fraction of sp³-hybridized carbons (Fsp3) is 0.215. The lowest BCUT2D eigenvalue weighted by atomic mass is 9.93. The van der Waals surface area contributed by atoms with Crippen LogP contribution in [0.4, 0.5) is 0 Å². The predicted molar refractivity (Wildman–Crippen MR) is 466 cm³/mol. The lowest BCUT2D eigenvalue weighted by molar-refractivity contribution is 0.101. The van der Waals surface area contributed by atoms with E-state index in [9.17, 15) is 9.90 Å².